The van der Waals surface area contributed by atoms with E-state index in [1.54, 1.807) is 11.3 Å². The van der Waals surface area contributed by atoms with E-state index in [-0.39, 0.29) is 0 Å². The number of nitrogens with two attached hydrogens (primary N) is 1. The molecule has 0 aliphatic rings. The fourth-order valence-corrected chi connectivity index (χ4v) is 3.04. The van der Waals surface area contributed by atoms with Gasteiger partial charge in [-0.3, -0.25) is 0 Å². The molecule has 0 radical (unpaired) electrons. The summed E-state index contributed by atoms with van der Waals surface area (Å²) in [6.45, 7) is 0.706. The molecule has 2 aromatic carbocycles. The van der Waals surface area contributed by atoms with Crippen molar-refractivity contribution < 1.29 is 4.74 Å². The number of ether oxygens (including phenoxy) is 1. The molecule has 3 rings (SSSR count). The summed E-state index contributed by atoms with van der Waals surface area (Å²) >= 11 is 1.69. The fourth-order valence-electron chi connectivity index (χ4n) is 2.19. The zero-order valence-corrected chi connectivity index (χ0v) is 13.1. The van der Waals surface area contributed by atoms with E-state index in [0.29, 0.717) is 6.61 Å². The number of aryl methyl sites for hydroxylation is 1. The molecule has 0 aliphatic heterocycles. The third-order valence-electron chi connectivity index (χ3n) is 3.28. The van der Waals surface area contributed by atoms with E-state index in [1.807, 2.05) is 54.6 Å². The first-order valence-corrected chi connectivity index (χ1v) is 8.17. The van der Waals surface area contributed by atoms with E-state index in [4.69, 9.17) is 10.5 Å². The summed E-state index contributed by atoms with van der Waals surface area (Å²) in [7, 11) is 0. The van der Waals surface area contributed by atoms with E-state index in [9.17, 15) is 0 Å². The first kappa shape index (κ1) is 14.6. The molecule has 0 unspecified atom stereocenters. The van der Waals surface area contributed by atoms with Gasteiger partial charge >= 0.3 is 0 Å². The molecule has 0 fully saturated rings. The number of nitrogens with zero attached hydrogens (tertiary/aromatic N) is 1. The topological polar surface area (TPSA) is 48.1 Å². The number of anilines is 1. The molecule has 0 bridgehead atoms. The Bertz CT molecular complexity index is 725. The minimum atomic E-state index is 0.706. The van der Waals surface area contributed by atoms with Crippen LogP contribution in [0, 0.1) is 0 Å². The number of hydrogen-bond acceptors (Lipinski definition) is 4. The van der Waals surface area contributed by atoms with Crippen molar-refractivity contribution in [3.05, 3.63) is 65.0 Å². The third-order valence-corrected chi connectivity index (χ3v) is 4.19. The van der Waals surface area contributed by atoms with Crippen molar-refractivity contribution in [1.82, 2.24) is 4.98 Å². The maximum Gasteiger partial charge on any atom is 0.119 e. The maximum absolute atomic E-state index is 5.82. The second-order valence-electron chi connectivity index (χ2n) is 5.02. The van der Waals surface area contributed by atoms with Crippen LogP contribution in [0.4, 0.5) is 5.69 Å². The fraction of sp³-hybridized carbons (Fsp3) is 0.167. The quantitative estimate of drug-likeness (QED) is 0.542. The zero-order chi connectivity index (χ0) is 15.2. The second kappa shape index (κ2) is 7.09. The van der Waals surface area contributed by atoms with Crippen molar-refractivity contribution in [2.24, 2.45) is 0 Å². The van der Waals surface area contributed by atoms with E-state index in [2.05, 4.69) is 10.4 Å². The van der Waals surface area contributed by atoms with E-state index in [0.717, 1.165) is 40.5 Å². The van der Waals surface area contributed by atoms with Gasteiger partial charge in [0, 0.05) is 23.1 Å². The SMILES string of the molecule is Nc1cccc(-c2csc(CCCOc3ccccc3)n2)c1. The van der Waals surface area contributed by atoms with Crippen molar-refractivity contribution in [2.45, 2.75) is 12.8 Å². The highest BCUT2D eigenvalue weighted by Crippen LogP contribution is 2.24. The molecule has 0 aliphatic carbocycles. The van der Waals surface area contributed by atoms with E-state index >= 15 is 0 Å². The molecule has 0 saturated heterocycles. The van der Waals surface area contributed by atoms with Gasteiger partial charge in [-0.15, -0.1) is 11.3 Å². The second-order valence-corrected chi connectivity index (χ2v) is 5.96. The summed E-state index contributed by atoms with van der Waals surface area (Å²) in [5.41, 5.74) is 8.65. The van der Waals surface area contributed by atoms with Crippen LogP contribution in [0.3, 0.4) is 0 Å². The summed E-state index contributed by atoms with van der Waals surface area (Å²) in [4.78, 5) is 4.67. The highest BCUT2D eigenvalue weighted by Gasteiger charge is 2.05. The molecular weight excluding hydrogens is 292 g/mol. The summed E-state index contributed by atoms with van der Waals surface area (Å²) in [6.07, 6.45) is 1.89. The van der Waals surface area contributed by atoms with Crippen LogP contribution < -0.4 is 10.5 Å². The number of para-hydroxylation sites is 1. The maximum atomic E-state index is 5.82. The number of thiazole rings is 1. The summed E-state index contributed by atoms with van der Waals surface area (Å²) in [6, 6.07) is 17.7. The summed E-state index contributed by atoms with van der Waals surface area (Å²) in [5.74, 6) is 0.919. The van der Waals surface area contributed by atoms with Crippen molar-refractivity contribution >= 4 is 17.0 Å². The van der Waals surface area contributed by atoms with Gasteiger partial charge in [0.05, 0.1) is 17.3 Å². The molecule has 112 valence electrons. The van der Waals surface area contributed by atoms with Crippen LogP contribution in [0.5, 0.6) is 5.75 Å². The van der Waals surface area contributed by atoms with Gasteiger partial charge in [0.1, 0.15) is 5.75 Å². The lowest BCUT2D eigenvalue weighted by Crippen LogP contribution is -1.99. The largest absolute Gasteiger partial charge is 0.494 e. The Labute approximate surface area is 134 Å². The third kappa shape index (κ3) is 3.86. The minimum absolute atomic E-state index is 0.706. The van der Waals surface area contributed by atoms with E-state index in [1.165, 1.54) is 0 Å². The van der Waals surface area contributed by atoms with Crippen LogP contribution in [0.1, 0.15) is 11.4 Å². The highest BCUT2D eigenvalue weighted by molar-refractivity contribution is 7.09. The molecule has 1 aromatic heterocycles. The average Bonchev–Trinajstić information content (AvgIpc) is 3.02. The molecule has 3 nitrogen and oxygen atoms in total. The molecule has 0 spiro atoms. The Balaban J connectivity index is 1.52. The van der Waals surface area contributed by atoms with Crippen LogP contribution in [-0.4, -0.2) is 11.6 Å². The molecule has 22 heavy (non-hydrogen) atoms. The first-order valence-electron chi connectivity index (χ1n) is 7.29. The Morgan fingerprint density at radius 1 is 1.05 bits per heavy atom. The van der Waals surface area contributed by atoms with Gasteiger partial charge in [0.2, 0.25) is 0 Å². The number of aromatic nitrogens is 1. The lowest BCUT2D eigenvalue weighted by Gasteiger charge is -2.04. The van der Waals surface area contributed by atoms with Crippen molar-refractivity contribution in [1.29, 1.82) is 0 Å². The number of rotatable bonds is 6. The smallest absolute Gasteiger partial charge is 0.119 e. The normalized spacial score (nSPS) is 10.5. The van der Waals surface area contributed by atoms with Crippen LogP contribution in [0.25, 0.3) is 11.3 Å². The molecule has 4 heteroatoms. The first-order chi connectivity index (χ1) is 10.8. The van der Waals surface area contributed by atoms with Gasteiger partial charge < -0.3 is 10.5 Å². The van der Waals surface area contributed by atoms with E-state index < -0.39 is 0 Å². The van der Waals surface area contributed by atoms with Crippen molar-refractivity contribution in [3.63, 3.8) is 0 Å². The van der Waals surface area contributed by atoms with Gasteiger partial charge in [0.25, 0.3) is 0 Å². The monoisotopic (exact) mass is 310 g/mol. The lowest BCUT2D eigenvalue weighted by molar-refractivity contribution is 0.311. The van der Waals surface area contributed by atoms with Gasteiger partial charge in [0.15, 0.2) is 0 Å². The van der Waals surface area contributed by atoms with Gasteiger partial charge in [-0.1, -0.05) is 30.3 Å². The Kier molecular flexibility index (Phi) is 4.71. The molecular formula is C18H18N2OS. The van der Waals surface area contributed by atoms with Crippen LogP contribution in [0.2, 0.25) is 0 Å². The molecule has 0 saturated carbocycles. The van der Waals surface area contributed by atoms with Crippen molar-refractivity contribution in [2.75, 3.05) is 12.3 Å². The Hall–Kier alpha value is -2.33. The zero-order valence-electron chi connectivity index (χ0n) is 12.2. The summed E-state index contributed by atoms with van der Waals surface area (Å²) < 4.78 is 5.70. The van der Waals surface area contributed by atoms with Gasteiger partial charge in [-0.2, -0.15) is 0 Å². The van der Waals surface area contributed by atoms with Gasteiger partial charge in [-0.05, 0) is 30.7 Å². The van der Waals surface area contributed by atoms with Gasteiger partial charge in [-0.25, -0.2) is 4.98 Å². The number of hydrogen-bond donors (Lipinski definition) is 1. The average molecular weight is 310 g/mol. The molecule has 3 aromatic rings. The van der Waals surface area contributed by atoms with Crippen LogP contribution in [0.15, 0.2) is 60.0 Å². The Morgan fingerprint density at radius 2 is 1.91 bits per heavy atom. The number of benzene rings is 2. The molecule has 0 amide bonds. The standard InChI is InChI=1S/C18H18N2OS/c19-15-7-4-6-14(12-15)17-13-22-18(20-17)10-5-11-21-16-8-2-1-3-9-16/h1-4,6-9,12-13H,5,10-11,19H2. The Morgan fingerprint density at radius 3 is 2.73 bits per heavy atom. The number of nitrogen functional groups attached to an aromatic ring is 1. The predicted molar refractivity (Wildman–Crippen MR) is 92.2 cm³/mol. The molecule has 0 atom stereocenters. The minimum Gasteiger partial charge on any atom is -0.494 e. The lowest BCUT2D eigenvalue weighted by atomic mass is 10.1. The summed E-state index contributed by atoms with van der Waals surface area (Å²) in [5, 5.41) is 3.22. The predicted octanol–water partition coefficient (Wildman–Crippen LogP) is 4.40. The van der Waals surface area contributed by atoms with Crippen LogP contribution in [-0.2, 0) is 6.42 Å². The van der Waals surface area contributed by atoms with Crippen molar-refractivity contribution in [3.8, 4) is 17.0 Å². The molecule has 1 heterocycles. The van der Waals surface area contributed by atoms with Crippen LogP contribution >= 0.6 is 11.3 Å². The highest BCUT2D eigenvalue weighted by atomic mass is 32.1. The molecule has 2 N–H and O–H groups in total.